The van der Waals surface area contributed by atoms with E-state index in [-0.39, 0.29) is 6.09 Å². The third-order valence-corrected chi connectivity index (χ3v) is 5.32. The minimum atomic E-state index is -0.494. The van der Waals surface area contributed by atoms with E-state index in [0.717, 1.165) is 22.8 Å². The molecule has 1 aromatic carbocycles. The Morgan fingerprint density at radius 2 is 1.76 bits per heavy atom. The zero-order valence-electron chi connectivity index (χ0n) is 19.6. The lowest BCUT2D eigenvalue weighted by Crippen LogP contribution is -2.50. The van der Waals surface area contributed by atoms with E-state index < -0.39 is 5.60 Å². The SMILES string of the molecule is CC(C)(C)OC(=O)N1CCN(c2cnc(NCc3ccc(-c4ccc(C#N)cc4)o3)nc2)CC1. The monoisotopic (exact) mass is 460 g/mol. The molecule has 9 nitrogen and oxygen atoms in total. The maximum absolute atomic E-state index is 12.2. The van der Waals surface area contributed by atoms with Gasteiger partial charge in [0.1, 0.15) is 17.1 Å². The maximum Gasteiger partial charge on any atom is 0.410 e. The molecule has 1 saturated heterocycles. The fraction of sp³-hybridized carbons (Fsp3) is 0.360. The maximum atomic E-state index is 12.2. The lowest BCUT2D eigenvalue weighted by Gasteiger charge is -2.36. The van der Waals surface area contributed by atoms with Crippen LogP contribution in [-0.2, 0) is 11.3 Å². The molecule has 1 fully saturated rings. The van der Waals surface area contributed by atoms with Crippen molar-refractivity contribution in [2.45, 2.75) is 32.9 Å². The predicted molar refractivity (Wildman–Crippen MR) is 128 cm³/mol. The van der Waals surface area contributed by atoms with Crippen LogP contribution in [0, 0.1) is 11.3 Å². The number of furan rings is 1. The summed E-state index contributed by atoms with van der Waals surface area (Å²) in [6.45, 7) is 8.63. The van der Waals surface area contributed by atoms with E-state index in [0.29, 0.717) is 44.2 Å². The molecule has 0 bridgehead atoms. The third-order valence-electron chi connectivity index (χ3n) is 5.32. The summed E-state index contributed by atoms with van der Waals surface area (Å²) in [5, 5.41) is 12.1. The van der Waals surface area contributed by atoms with E-state index in [9.17, 15) is 4.79 Å². The smallest absolute Gasteiger partial charge is 0.410 e. The number of ether oxygens (including phenoxy) is 1. The summed E-state index contributed by atoms with van der Waals surface area (Å²) in [5.74, 6) is 2.00. The molecule has 0 spiro atoms. The van der Waals surface area contributed by atoms with Gasteiger partial charge in [-0.2, -0.15) is 5.26 Å². The number of piperazine rings is 1. The molecule has 34 heavy (non-hydrogen) atoms. The van der Waals surface area contributed by atoms with Crippen LogP contribution in [0.4, 0.5) is 16.4 Å². The van der Waals surface area contributed by atoms with E-state index in [4.69, 9.17) is 14.4 Å². The van der Waals surface area contributed by atoms with Gasteiger partial charge in [0.2, 0.25) is 5.95 Å². The highest BCUT2D eigenvalue weighted by atomic mass is 16.6. The van der Waals surface area contributed by atoms with Crippen molar-refractivity contribution in [1.29, 1.82) is 5.26 Å². The van der Waals surface area contributed by atoms with Gasteiger partial charge in [-0.25, -0.2) is 14.8 Å². The van der Waals surface area contributed by atoms with Crippen molar-refractivity contribution >= 4 is 17.7 Å². The van der Waals surface area contributed by atoms with Crippen LogP contribution in [0.25, 0.3) is 11.3 Å². The lowest BCUT2D eigenvalue weighted by molar-refractivity contribution is 0.0240. The van der Waals surface area contributed by atoms with Crippen LogP contribution in [0.2, 0.25) is 0 Å². The number of aromatic nitrogens is 2. The van der Waals surface area contributed by atoms with E-state index >= 15 is 0 Å². The number of benzene rings is 1. The number of carbonyl (C=O) groups excluding carboxylic acids is 1. The molecule has 0 atom stereocenters. The first-order chi connectivity index (χ1) is 16.3. The molecule has 2 aromatic heterocycles. The van der Waals surface area contributed by atoms with Crippen molar-refractivity contribution in [2.75, 3.05) is 36.4 Å². The standard InChI is InChI=1S/C25H28N6O3/c1-25(2,3)34-24(32)31-12-10-30(11-13-31)20-15-27-23(28-16-20)29-17-21-8-9-22(33-21)19-6-4-18(14-26)5-7-19/h4-9,15-16H,10-13,17H2,1-3H3,(H,27,28,29). The van der Waals surface area contributed by atoms with Gasteiger partial charge in [-0.15, -0.1) is 0 Å². The molecule has 9 heteroatoms. The molecule has 0 aliphatic carbocycles. The van der Waals surface area contributed by atoms with Crippen LogP contribution >= 0.6 is 0 Å². The summed E-state index contributed by atoms with van der Waals surface area (Å²) >= 11 is 0. The summed E-state index contributed by atoms with van der Waals surface area (Å²) in [5.41, 5.74) is 1.95. The largest absolute Gasteiger partial charge is 0.459 e. The number of rotatable bonds is 5. The second-order valence-electron chi connectivity index (χ2n) is 9.03. The van der Waals surface area contributed by atoms with Crippen molar-refractivity contribution in [3.05, 3.63) is 60.1 Å². The zero-order chi connectivity index (χ0) is 24.1. The normalized spacial score (nSPS) is 13.9. The van der Waals surface area contributed by atoms with Crippen LogP contribution in [0.5, 0.6) is 0 Å². The average molecular weight is 461 g/mol. The Bertz CT molecular complexity index is 1150. The highest BCUT2D eigenvalue weighted by molar-refractivity contribution is 5.68. The Hall–Kier alpha value is -4.06. The Kier molecular flexibility index (Phi) is 6.68. The highest BCUT2D eigenvalue weighted by Crippen LogP contribution is 2.23. The number of hydrogen-bond donors (Lipinski definition) is 1. The van der Waals surface area contributed by atoms with Gasteiger partial charge in [-0.05, 0) is 57.2 Å². The average Bonchev–Trinajstić information content (AvgIpc) is 3.31. The molecule has 1 amide bonds. The molecule has 1 N–H and O–H groups in total. The number of nitriles is 1. The molecule has 0 unspecified atom stereocenters. The molecule has 176 valence electrons. The molecule has 0 saturated carbocycles. The van der Waals surface area contributed by atoms with Crippen molar-refractivity contribution in [3.8, 4) is 17.4 Å². The molecule has 1 aliphatic rings. The molecule has 4 rings (SSSR count). The highest BCUT2D eigenvalue weighted by Gasteiger charge is 2.26. The summed E-state index contributed by atoms with van der Waals surface area (Å²) in [6.07, 6.45) is 3.29. The number of amides is 1. The first kappa shape index (κ1) is 23.1. The first-order valence-corrected chi connectivity index (χ1v) is 11.2. The van der Waals surface area contributed by atoms with Gasteiger partial charge in [0.05, 0.1) is 36.3 Å². The van der Waals surface area contributed by atoms with Gasteiger partial charge >= 0.3 is 6.09 Å². The van der Waals surface area contributed by atoms with Crippen molar-refractivity contribution in [1.82, 2.24) is 14.9 Å². The van der Waals surface area contributed by atoms with E-state index in [2.05, 4.69) is 26.3 Å². The minimum absolute atomic E-state index is 0.275. The fourth-order valence-electron chi connectivity index (χ4n) is 3.55. The van der Waals surface area contributed by atoms with E-state index in [1.165, 1.54) is 0 Å². The first-order valence-electron chi connectivity index (χ1n) is 11.2. The Morgan fingerprint density at radius 1 is 1.09 bits per heavy atom. The Morgan fingerprint density at radius 3 is 2.38 bits per heavy atom. The van der Waals surface area contributed by atoms with Gasteiger partial charge in [-0.1, -0.05) is 0 Å². The van der Waals surface area contributed by atoms with Crippen LogP contribution in [0.3, 0.4) is 0 Å². The Balaban J connectivity index is 1.27. The number of carbonyl (C=O) groups is 1. The van der Waals surface area contributed by atoms with Crippen LogP contribution in [-0.4, -0.2) is 52.7 Å². The summed E-state index contributed by atoms with van der Waals surface area (Å²) in [4.78, 5) is 24.9. The molecular weight excluding hydrogens is 432 g/mol. The quantitative estimate of drug-likeness (QED) is 0.601. The van der Waals surface area contributed by atoms with Crippen molar-refractivity contribution < 1.29 is 13.9 Å². The molecule has 3 aromatic rings. The van der Waals surface area contributed by atoms with E-state index in [1.54, 1.807) is 29.4 Å². The lowest BCUT2D eigenvalue weighted by atomic mass is 10.1. The summed E-state index contributed by atoms with van der Waals surface area (Å²) in [7, 11) is 0. The Labute approximate surface area is 199 Å². The zero-order valence-corrected chi connectivity index (χ0v) is 19.6. The van der Waals surface area contributed by atoms with Gasteiger partial charge in [0.15, 0.2) is 0 Å². The van der Waals surface area contributed by atoms with Gasteiger partial charge in [0.25, 0.3) is 0 Å². The van der Waals surface area contributed by atoms with E-state index in [1.807, 2.05) is 45.0 Å². The fourth-order valence-corrected chi connectivity index (χ4v) is 3.55. The number of nitrogens with one attached hydrogen (secondary N) is 1. The second kappa shape index (κ2) is 9.83. The molecule has 3 heterocycles. The minimum Gasteiger partial charge on any atom is -0.459 e. The summed E-state index contributed by atoms with van der Waals surface area (Å²) in [6, 6.07) is 13.2. The molecule has 1 aliphatic heterocycles. The van der Waals surface area contributed by atoms with Gasteiger partial charge < -0.3 is 24.3 Å². The van der Waals surface area contributed by atoms with Crippen LogP contribution in [0.15, 0.2) is 53.2 Å². The molecular formula is C25H28N6O3. The van der Waals surface area contributed by atoms with Crippen LogP contribution < -0.4 is 10.2 Å². The summed E-state index contributed by atoms with van der Waals surface area (Å²) < 4.78 is 11.3. The molecule has 0 radical (unpaired) electrons. The topological polar surface area (TPSA) is 108 Å². The second-order valence-corrected chi connectivity index (χ2v) is 9.03. The van der Waals surface area contributed by atoms with Crippen molar-refractivity contribution in [3.63, 3.8) is 0 Å². The van der Waals surface area contributed by atoms with Crippen molar-refractivity contribution in [2.24, 2.45) is 0 Å². The predicted octanol–water partition coefficient (Wildman–Crippen LogP) is 4.28. The van der Waals surface area contributed by atoms with Crippen LogP contribution in [0.1, 0.15) is 32.1 Å². The third kappa shape index (κ3) is 5.84. The van der Waals surface area contributed by atoms with Gasteiger partial charge in [-0.3, -0.25) is 0 Å². The van der Waals surface area contributed by atoms with Gasteiger partial charge in [0, 0.05) is 31.7 Å². The number of hydrogen-bond acceptors (Lipinski definition) is 8. The number of nitrogens with zero attached hydrogens (tertiary/aromatic N) is 5. The number of anilines is 2.